The van der Waals surface area contributed by atoms with Crippen molar-refractivity contribution in [3.63, 3.8) is 0 Å². The SMILES string of the molecule is OC(CN1CCN(Cc2ccc(F)cc2)CC1)c1ccco1. The highest BCUT2D eigenvalue weighted by atomic mass is 19.1. The normalized spacial score (nSPS) is 18.5. The van der Waals surface area contributed by atoms with Gasteiger partial charge in [0.2, 0.25) is 0 Å². The first-order valence-corrected chi connectivity index (χ1v) is 7.61. The van der Waals surface area contributed by atoms with Gasteiger partial charge in [-0.3, -0.25) is 9.80 Å². The van der Waals surface area contributed by atoms with Crippen LogP contribution in [-0.4, -0.2) is 47.6 Å². The predicted molar refractivity (Wildman–Crippen MR) is 81.8 cm³/mol. The number of piperazine rings is 1. The van der Waals surface area contributed by atoms with E-state index >= 15 is 0 Å². The summed E-state index contributed by atoms with van der Waals surface area (Å²) >= 11 is 0. The van der Waals surface area contributed by atoms with Crippen molar-refractivity contribution >= 4 is 0 Å². The molecule has 1 fully saturated rings. The van der Waals surface area contributed by atoms with Crippen molar-refractivity contribution in [2.24, 2.45) is 0 Å². The van der Waals surface area contributed by atoms with E-state index in [1.165, 1.54) is 12.1 Å². The number of β-amino-alcohol motifs (C(OH)–C–C–N with tert-alkyl or cyclic N) is 1. The molecule has 4 nitrogen and oxygen atoms in total. The summed E-state index contributed by atoms with van der Waals surface area (Å²) in [5.41, 5.74) is 1.13. The molecule has 1 unspecified atom stereocenters. The molecule has 118 valence electrons. The Morgan fingerprint density at radius 2 is 1.73 bits per heavy atom. The van der Waals surface area contributed by atoms with Crippen molar-refractivity contribution in [3.8, 4) is 0 Å². The van der Waals surface area contributed by atoms with Gasteiger partial charge in [0, 0.05) is 39.3 Å². The van der Waals surface area contributed by atoms with Crippen LogP contribution < -0.4 is 0 Å². The Morgan fingerprint density at radius 1 is 1.05 bits per heavy atom. The highest BCUT2D eigenvalue weighted by Crippen LogP contribution is 2.16. The van der Waals surface area contributed by atoms with E-state index in [2.05, 4.69) is 9.80 Å². The van der Waals surface area contributed by atoms with Crippen LogP contribution in [0.25, 0.3) is 0 Å². The summed E-state index contributed by atoms with van der Waals surface area (Å²) in [6.07, 6.45) is 1.01. The third-order valence-corrected chi connectivity index (χ3v) is 4.09. The number of furan rings is 1. The lowest BCUT2D eigenvalue weighted by atomic mass is 10.2. The molecule has 22 heavy (non-hydrogen) atoms. The lowest BCUT2D eigenvalue weighted by molar-refractivity contribution is 0.0598. The second kappa shape index (κ2) is 7.05. The van der Waals surface area contributed by atoms with E-state index in [1.54, 1.807) is 18.4 Å². The standard InChI is InChI=1S/C17H21FN2O2/c18-15-5-3-14(4-6-15)12-19-7-9-20(10-8-19)13-16(21)17-2-1-11-22-17/h1-6,11,16,21H,7-10,12-13H2. The molecule has 1 aliphatic heterocycles. The second-order valence-corrected chi connectivity index (χ2v) is 5.73. The molecule has 1 atom stereocenters. The first kappa shape index (κ1) is 15.2. The molecule has 3 rings (SSSR count). The summed E-state index contributed by atoms with van der Waals surface area (Å²) in [5, 5.41) is 10.1. The number of nitrogens with zero attached hydrogens (tertiary/aromatic N) is 2. The van der Waals surface area contributed by atoms with E-state index in [9.17, 15) is 9.50 Å². The molecule has 0 saturated carbocycles. The molecule has 1 aromatic heterocycles. The molecule has 0 spiro atoms. The number of halogens is 1. The van der Waals surface area contributed by atoms with E-state index in [0.717, 1.165) is 38.3 Å². The summed E-state index contributed by atoms with van der Waals surface area (Å²) in [7, 11) is 0. The lowest BCUT2D eigenvalue weighted by Gasteiger charge is -2.35. The summed E-state index contributed by atoms with van der Waals surface area (Å²) < 4.78 is 18.1. The first-order chi connectivity index (χ1) is 10.7. The average Bonchev–Trinajstić information content (AvgIpc) is 3.06. The third kappa shape index (κ3) is 3.94. The minimum Gasteiger partial charge on any atom is -0.467 e. The van der Waals surface area contributed by atoms with Crippen molar-refractivity contribution < 1.29 is 13.9 Å². The van der Waals surface area contributed by atoms with E-state index in [-0.39, 0.29) is 5.82 Å². The van der Waals surface area contributed by atoms with Crippen molar-refractivity contribution in [2.45, 2.75) is 12.6 Å². The molecule has 0 radical (unpaired) electrons. The largest absolute Gasteiger partial charge is 0.467 e. The van der Waals surface area contributed by atoms with Crippen LogP contribution in [0.2, 0.25) is 0 Å². The maximum absolute atomic E-state index is 12.9. The number of hydrogen-bond donors (Lipinski definition) is 1. The summed E-state index contributed by atoms with van der Waals surface area (Å²) in [6, 6.07) is 10.3. The summed E-state index contributed by atoms with van der Waals surface area (Å²) in [6.45, 7) is 5.16. The Balaban J connectivity index is 1.45. The summed E-state index contributed by atoms with van der Waals surface area (Å²) in [5.74, 6) is 0.425. The number of aliphatic hydroxyl groups excluding tert-OH is 1. The molecule has 1 aliphatic rings. The monoisotopic (exact) mass is 304 g/mol. The van der Waals surface area contributed by atoms with E-state index in [4.69, 9.17) is 4.42 Å². The molecule has 1 aromatic carbocycles. The lowest BCUT2D eigenvalue weighted by Crippen LogP contribution is -2.47. The maximum atomic E-state index is 12.9. The van der Waals surface area contributed by atoms with Crippen molar-refractivity contribution in [1.82, 2.24) is 9.80 Å². The van der Waals surface area contributed by atoms with Crippen LogP contribution in [0.1, 0.15) is 17.4 Å². The van der Waals surface area contributed by atoms with E-state index in [0.29, 0.717) is 12.3 Å². The van der Waals surface area contributed by atoms with Gasteiger partial charge in [-0.15, -0.1) is 0 Å². The van der Waals surface area contributed by atoms with Gasteiger partial charge >= 0.3 is 0 Å². The van der Waals surface area contributed by atoms with Gasteiger partial charge in [0.15, 0.2) is 0 Å². The number of hydrogen-bond acceptors (Lipinski definition) is 4. The Bertz CT molecular complexity index is 563. The van der Waals surface area contributed by atoms with E-state index < -0.39 is 6.10 Å². The zero-order valence-electron chi connectivity index (χ0n) is 12.5. The summed E-state index contributed by atoms with van der Waals surface area (Å²) in [4.78, 5) is 4.59. The van der Waals surface area contributed by atoms with Gasteiger partial charge in [-0.25, -0.2) is 4.39 Å². The molecule has 0 bridgehead atoms. The Hall–Kier alpha value is -1.69. The van der Waals surface area contributed by atoms with Crippen LogP contribution in [-0.2, 0) is 6.54 Å². The fourth-order valence-electron chi connectivity index (χ4n) is 2.79. The Labute approximate surface area is 129 Å². The van der Waals surface area contributed by atoms with Gasteiger partial charge in [-0.2, -0.15) is 0 Å². The Morgan fingerprint density at radius 3 is 2.36 bits per heavy atom. The topological polar surface area (TPSA) is 39.9 Å². The van der Waals surface area contributed by atoms with E-state index in [1.807, 2.05) is 12.1 Å². The van der Waals surface area contributed by atoms with Gasteiger partial charge in [0.25, 0.3) is 0 Å². The van der Waals surface area contributed by atoms with Gasteiger partial charge in [-0.05, 0) is 29.8 Å². The molecule has 2 heterocycles. The zero-order chi connectivity index (χ0) is 15.4. The van der Waals surface area contributed by atoms with Crippen LogP contribution >= 0.6 is 0 Å². The highest BCUT2D eigenvalue weighted by molar-refractivity contribution is 5.16. The molecule has 0 amide bonds. The molecule has 5 heteroatoms. The zero-order valence-corrected chi connectivity index (χ0v) is 12.5. The second-order valence-electron chi connectivity index (χ2n) is 5.73. The minimum absolute atomic E-state index is 0.194. The van der Waals surface area contributed by atoms with Crippen molar-refractivity contribution in [3.05, 3.63) is 59.8 Å². The smallest absolute Gasteiger partial charge is 0.133 e. The van der Waals surface area contributed by atoms with Crippen molar-refractivity contribution in [2.75, 3.05) is 32.7 Å². The fraction of sp³-hybridized carbons (Fsp3) is 0.412. The highest BCUT2D eigenvalue weighted by Gasteiger charge is 2.21. The molecule has 0 aliphatic carbocycles. The number of aliphatic hydroxyl groups is 1. The number of rotatable bonds is 5. The van der Waals surface area contributed by atoms with Gasteiger partial charge in [0.1, 0.15) is 17.7 Å². The van der Waals surface area contributed by atoms with Gasteiger partial charge in [0.05, 0.1) is 6.26 Å². The molecule has 2 aromatic rings. The maximum Gasteiger partial charge on any atom is 0.133 e. The van der Waals surface area contributed by atoms with Crippen molar-refractivity contribution in [1.29, 1.82) is 0 Å². The van der Waals surface area contributed by atoms with Crippen LogP contribution in [0.15, 0.2) is 47.1 Å². The van der Waals surface area contributed by atoms with Crippen LogP contribution in [0.4, 0.5) is 4.39 Å². The third-order valence-electron chi connectivity index (χ3n) is 4.09. The number of benzene rings is 1. The Kier molecular flexibility index (Phi) is 4.87. The van der Waals surface area contributed by atoms with Crippen LogP contribution in [0.3, 0.4) is 0 Å². The van der Waals surface area contributed by atoms with Gasteiger partial charge in [-0.1, -0.05) is 12.1 Å². The average molecular weight is 304 g/mol. The molecular formula is C17H21FN2O2. The quantitative estimate of drug-likeness (QED) is 0.920. The molecule has 1 N–H and O–H groups in total. The minimum atomic E-state index is -0.571. The first-order valence-electron chi connectivity index (χ1n) is 7.61. The van der Waals surface area contributed by atoms with Gasteiger partial charge < -0.3 is 9.52 Å². The predicted octanol–water partition coefficient (Wildman–Crippen LogP) is 2.27. The molecular weight excluding hydrogens is 283 g/mol. The fourth-order valence-corrected chi connectivity index (χ4v) is 2.79. The van der Waals surface area contributed by atoms with Crippen LogP contribution in [0, 0.1) is 5.82 Å². The molecule has 1 saturated heterocycles. The van der Waals surface area contributed by atoms with Crippen LogP contribution in [0.5, 0.6) is 0 Å².